The average molecular weight is 349 g/mol. The summed E-state index contributed by atoms with van der Waals surface area (Å²) in [6.45, 7) is 2.59. The van der Waals surface area contributed by atoms with Gasteiger partial charge in [-0.1, -0.05) is 25.0 Å². The van der Waals surface area contributed by atoms with Gasteiger partial charge in [-0.15, -0.1) is 0 Å². The highest BCUT2D eigenvalue weighted by Crippen LogP contribution is 2.40. The van der Waals surface area contributed by atoms with E-state index >= 15 is 0 Å². The second kappa shape index (κ2) is 10.4. The summed E-state index contributed by atoms with van der Waals surface area (Å²) in [7, 11) is 3.58. The Labute approximate surface area is 151 Å². The van der Waals surface area contributed by atoms with Gasteiger partial charge in [0, 0.05) is 33.9 Å². The van der Waals surface area contributed by atoms with Gasteiger partial charge in [-0.3, -0.25) is 4.99 Å². The number of guanidine groups is 1. The van der Waals surface area contributed by atoms with Crippen molar-refractivity contribution >= 4 is 5.96 Å². The lowest BCUT2D eigenvalue weighted by atomic mass is 9.83. The minimum Gasteiger partial charge on any atom is -0.385 e. The van der Waals surface area contributed by atoms with E-state index in [1.807, 2.05) is 6.07 Å². The molecule has 1 saturated carbocycles. The number of methoxy groups -OCH3 is 1. The molecule has 1 aliphatic carbocycles. The maximum absolute atomic E-state index is 13.2. The van der Waals surface area contributed by atoms with Crippen LogP contribution >= 0.6 is 0 Å². The Morgan fingerprint density at radius 1 is 1.28 bits per heavy atom. The molecule has 4 nitrogen and oxygen atoms in total. The molecule has 0 aromatic heterocycles. The van der Waals surface area contributed by atoms with E-state index in [1.54, 1.807) is 26.3 Å². The van der Waals surface area contributed by atoms with Gasteiger partial charge >= 0.3 is 0 Å². The predicted octanol–water partition coefficient (Wildman–Crippen LogP) is 3.52. The molecule has 5 heteroatoms. The Morgan fingerprint density at radius 2 is 2.08 bits per heavy atom. The van der Waals surface area contributed by atoms with Crippen LogP contribution in [0.2, 0.25) is 0 Å². The molecule has 0 radical (unpaired) electrons. The largest absolute Gasteiger partial charge is 0.385 e. The van der Waals surface area contributed by atoms with E-state index in [9.17, 15) is 4.39 Å². The quantitative estimate of drug-likeness (QED) is 0.407. The highest BCUT2D eigenvalue weighted by molar-refractivity contribution is 5.79. The Hall–Kier alpha value is -1.62. The lowest BCUT2D eigenvalue weighted by molar-refractivity contribution is 0.138. The van der Waals surface area contributed by atoms with Crippen molar-refractivity contribution in [3.8, 4) is 0 Å². The van der Waals surface area contributed by atoms with Crippen molar-refractivity contribution in [2.24, 2.45) is 10.4 Å². The molecule has 1 aromatic carbocycles. The second-order valence-corrected chi connectivity index (χ2v) is 7.04. The first-order valence-corrected chi connectivity index (χ1v) is 9.35. The summed E-state index contributed by atoms with van der Waals surface area (Å²) in [4.78, 5) is 4.32. The maximum atomic E-state index is 13.2. The molecular formula is C20H32FN3O. The van der Waals surface area contributed by atoms with Gasteiger partial charge in [-0.05, 0) is 55.2 Å². The smallest absolute Gasteiger partial charge is 0.190 e. The van der Waals surface area contributed by atoms with E-state index in [0.29, 0.717) is 5.41 Å². The van der Waals surface area contributed by atoms with E-state index in [0.717, 1.165) is 50.5 Å². The molecule has 0 heterocycles. The van der Waals surface area contributed by atoms with E-state index in [-0.39, 0.29) is 5.82 Å². The normalized spacial score (nSPS) is 16.8. The van der Waals surface area contributed by atoms with Gasteiger partial charge in [-0.25, -0.2) is 4.39 Å². The summed E-state index contributed by atoms with van der Waals surface area (Å²) in [6, 6.07) is 6.82. The van der Waals surface area contributed by atoms with Crippen molar-refractivity contribution in [1.82, 2.24) is 10.6 Å². The van der Waals surface area contributed by atoms with Crippen molar-refractivity contribution in [3.05, 3.63) is 35.6 Å². The van der Waals surface area contributed by atoms with Crippen molar-refractivity contribution in [1.29, 1.82) is 0 Å². The van der Waals surface area contributed by atoms with Crippen LogP contribution < -0.4 is 10.6 Å². The Balaban J connectivity index is 1.71. The molecule has 0 bridgehead atoms. The minimum absolute atomic E-state index is 0.166. The van der Waals surface area contributed by atoms with Crippen LogP contribution in [0, 0.1) is 11.2 Å². The fourth-order valence-corrected chi connectivity index (χ4v) is 3.64. The van der Waals surface area contributed by atoms with E-state index in [2.05, 4.69) is 15.6 Å². The van der Waals surface area contributed by atoms with Gasteiger partial charge in [0.05, 0.1) is 0 Å². The maximum Gasteiger partial charge on any atom is 0.190 e. The van der Waals surface area contributed by atoms with Crippen molar-refractivity contribution < 1.29 is 9.13 Å². The number of rotatable bonds is 9. The number of hydrogen-bond donors (Lipinski definition) is 2. The summed E-state index contributed by atoms with van der Waals surface area (Å²) in [6.07, 6.45) is 8.06. The van der Waals surface area contributed by atoms with Gasteiger partial charge in [-0.2, -0.15) is 0 Å². The topological polar surface area (TPSA) is 45.7 Å². The molecule has 0 aliphatic heterocycles. The third kappa shape index (κ3) is 6.65. The predicted molar refractivity (Wildman–Crippen MR) is 101 cm³/mol. The molecule has 25 heavy (non-hydrogen) atoms. The molecule has 2 N–H and O–H groups in total. The first-order valence-electron chi connectivity index (χ1n) is 9.35. The molecule has 2 rings (SSSR count). The van der Waals surface area contributed by atoms with Crippen LogP contribution in [0.25, 0.3) is 0 Å². The van der Waals surface area contributed by atoms with Crippen molar-refractivity contribution in [3.63, 3.8) is 0 Å². The monoisotopic (exact) mass is 349 g/mol. The summed E-state index contributed by atoms with van der Waals surface area (Å²) in [5.74, 6) is 0.684. The molecule has 0 unspecified atom stereocenters. The van der Waals surface area contributed by atoms with E-state index in [4.69, 9.17) is 4.74 Å². The molecule has 0 amide bonds. The number of halogens is 1. The van der Waals surface area contributed by atoms with Crippen LogP contribution in [0.1, 0.15) is 44.1 Å². The van der Waals surface area contributed by atoms with Crippen LogP contribution in [-0.2, 0) is 11.2 Å². The molecule has 0 spiro atoms. The fourth-order valence-electron chi connectivity index (χ4n) is 3.64. The number of benzene rings is 1. The number of hydrogen-bond acceptors (Lipinski definition) is 2. The molecule has 1 aromatic rings. The van der Waals surface area contributed by atoms with Crippen molar-refractivity contribution in [2.45, 2.75) is 44.9 Å². The third-order valence-corrected chi connectivity index (χ3v) is 5.18. The van der Waals surface area contributed by atoms with Crippen molar-refractivity contribution in [2.75, 3.05) is 33.9 Å². The van der Waals surface area contributed by atoms with Crippen LogP contribution in [0.15, 0.2) is 29.3 Å². The molecule has 1 fully saturated rings. The third-order valence-electron chi connectivity index (χ3n) is 5.18. The van der Waals surface area contributed by atoms with Gasteiger partial charge in [0.1, 0.15) is 5.82 Å². The van der Waals surface area contributed by atoms with Crippen LogP contribution in [0.5, 0.6) is 0 Å². The number of aliphatic imine (C=N–C) groups is 1. The summed E-state index contributed by atoms with van der Waals surface area (Å²) in [5, 5.41) is 6.86. The lowest BCUT2D eigenvalue weighted by Crippen LogP contribution is -2.43. The first-order chi connectivity index (χ1) is 12.2. The molecule has 1 aliphatic rings. The zero-order chi connectivity index (χ0) is 18.0. The van der Waals surface area contributed by atoms with E-state index < -0.39 is 0 Å². The summed E-state index contributed by atoms with van der Waals surface area (Å²) >= 11 is 0. The Kier molecular flexibility index (Phi) is 8.19. The fraction of sp³-hybridized carbons (Fsp3) is 0.650. The molecule has 140 valence electrons. The van der Waals surface area contributed by atoms with Gasteiger partial charge in [0.2, 0.25) is 0 Å². The highest BCUT2D eigenvalue weighted by atomic mass is 19.1. The second-order valence-electron chi connectivity index (χ2n) is 7.04. The zero-order valence-corrected chi connectivity index (χ0v) is 15.6. The zero-order valence-electron chi connectivity index (χ0n) is 15.6. The highest BCUT2D eigenvalue weighted by Gasteiger charge is 2.33. The van der Waals surface area contributed by atoms with Gasteiger partial charge < -0.3 is 15.4 Å². The lowest BCUT2D eigenvalue weighted by Gasteiger charge is -2.30. The molecule has 0 atom stereocenters. The SMILES string of the molecule is CN=C(NCCCc1cccc(F)c1)NCC1(CCOC)CCCC1. The molecular weight excluding hydrogens is 317 g/mol. The van der Waals surface area contributed by atoms with Crippen LogP contribution in [-0.4, -0.2) is 39.8 Å². The Morgan fingerprint density at radius 3 is 2.76 bits per heavy atom. The van der Waals surface area contributed by atoms with Crippen LogP contribution in [0.4, 0.5) is 4.39 Å². The van der Waals surface area contributed by atoms with E-state index in [1.165, 1.54) is 31.7 Å². The minimum atomic E-state index is -0.166. The molecule has 0 saturated heterocycles. The number of nitrogens with one attached hydrogen (secondary N) is 2. The van der Waals surface area contributed by atoms with Gasteiger partial charge in [0.25, 0.3) is 0 Å². The van der Waals surface area contributed by atoms with Gasteiger partial charge in [0.15, 0.2) is 5.96 Å². The Bertz CT molecular complexity index is 541. The summed E-state index contributed by atoms with van der Waals surface area (Å²) < 4.78 is 18.5. The number of nitrogens with zero attached hydrogens (tertiary/aromatic N) is 1. The number of ether oxygens (including phenoxy) is 1. The first kappa shape index (κ1) is 19.7. The number of aryl methyl sites for hydroxylation is 1. The standard InChI is InChI=1S/C20H32FN3O/c1-22-19(23-13-6-8-17-7-5-9-18(21)15-17)24-16-20(12-14-25-2)10-3-4-11-20/h5,7,9,15H,3-4,6,8,10-14,16H2,1-2H3,(H2,22,23,24). The average Bonchev–Trinajstić information content (AvgIpc) is 3.09. The van der Waals surface area contributed by atoms with Crippen LogP contribution in [0.3, 0.4) is 0 Å². The summed E-state index contributed by atoms with van der Waals surface area (Å²) in [5.41, 5.74) is 1.38.